The van der Waals surface area contributed by atoms with Crippen LogP contribution >= 0.6 is 0 Å². The minimum Gasteiger partial charge on any atom is -0.478 e. The van der Waals surface area contributed by atoms with Gasteiger partial charge in [-0.05, 0) is 55.9 Å². The zero-order chi connectivity index (χ0) is 25.8. The van der Waals surface area contributed by atoms with Gasteiger partial charge in [0.05, 0.1) is 11.6 Å². The Labute approximate surface area is 203 Å². The highest BCUT2D eigenvalue weighted by molar-refractivity contribution is 5.92. The number of nitrogens with one attached hydrogen (secondary N) is 1. The van der Waals surface area contributed by atoms with Crippen molar-refractivity contribution in [2.45, 2.75) is 60.9 Å². The highest BCUT2D eigenvalue weighted by Crippen LogP contribution is 2.54. The second-order valence-electron chi connectivity index (χ2n) is 10.7. The summed E-state index contributed by atoms with van der Waals surface area (Å²) in [5.41, 5.74) is 1.26. The van der Waals surface area contributed by atoms with Crippen LogP contribution in [0.4, 0.5) is 14.9 Å². The molecule has 34 heavy (non-hydrogen) atoms. The van der Waals surface area contributed by atoms with E-state index in [9.17, 15) is 9.59 Å². The molecule has 0 spiro atoms. The van der Waals surface area contributed by atoms with E-state index in [2.05, 4.69) is 39.6 Å². The second-order valence-corrected chi connectivity index (χ2v) is 10.7. The SMILES string of the molecule is C=C/C=C(\C)[C@@]1(C)[C@H](CC(C)(C)C)CN(C(=O)Nc2ccc(C(=O)O)cc2)[C@@H]1C(C)/C(F)=C\C. The number of halogens is 1. The first-order valence-electron chi connectivity index (χ1n) is 11.8. The number of carbonyl (C=O) groups excluding carboxylic acids is 1. The third-order valence-corrected chi connectivity index (χ3v) is 7.12. The maximum atomic E-state index is 15.0. The summed E-state index contributed by atoms with van der Waals surface area (Å²) in [5.74, 6) is -1.67. The van der Waals surface area contributed by atoms with E-state index in [0.29, 0.717) is 12.2 Å². The van der Waals surface area contributed by atoms with Gasteiger partial charge in [-0.2, -0.15) is 0 Å². The Morgan fingerprint density at radius 2 is 1.91 bits per heavy atom. The molecule has 2 N–H and O–H groups in total. The van der Waals surface area contributed by atoms with Crippen LogP contribution in [0.5, 0.6) is 0 Å². The maximum absolute atomic E-state index is 15.0. The summed E-state index contributed by atoms with van der Waals surface area (Å²) in [7, 11) is 0. The van der Waals surface area contributed by atoms with E-state index in [1.54, 1.807) is 30.0 Å². The smallest absolute Gasteiger partial charge is 0.335 e. The van der Waals surface area contributed by atoms with Crippen LogP contribution in [0.25, 0.3) is 0 Å². The Bertz CT molecular complexity index is 974. The van der Waals surface area contributed by atoms with E-state index in [-0.39, 0.29) is 28.8 Å². The van der Waals surface area contributed by atoms with E-state index < -0.39 is 23.3 Å². The molecular formula is C28H39FN2O3. The van der Waals surface area contributed by atoms with Gasteiger partial charge in [-0.25, -0.2) is 14.0 Å². The van der Waals surface area contributed by atoms with Crippen molar-refractivity contribution >= 4 is 17.7 Å². The summed E-state index contributed by atoms with van der Waals surface area (Å²) in [6.07, 6.45) is 6.04. The first kappa shape index (κ1) is 27.4. The topological polar surface area (TPSA) is 69.6 Å². The van der Waals surface area contributed by atoms with Crippen LogP contribution in [-0.4, -0.2) is 34.6 Å². The molecule has 4 atom stereocenters. The van der Waals surface area contributed by atoms with Gasteiger partial charge < -0.3 is 15.3 Å². The highest BCUT2D eigenvalue weighted by atomic mass is 19.1. The molecule has 1 unspecified atom stereocenters. The van der Waals surface area contributed by atoms with Crippen LogP contribution in [-0.2, 0) is 0 Å². The first-order chi connectivity index (χ1) is 15.8. The number of rotatable bonds is 7. The number of amides is 2. The number of urea groups is 1. The average Bonchev–Trinajstić information content (AvgIpc) is 3.05. The molecule has 1 aliphatic heterocycles. The van der Waals surface area contributed by atoms with E-state index in [1.165, 1.54) is 18.2 Å². The lowest BCUT2D eigenvalue weighted by Crippen LogP contribution is -2.48. The van der Waals surface area contributed by atoms with Gasteiger partial charge in [0.15, 0.2) is 0 Å². The molecule has 2 amide bonds. The van der Waals surface area contributed by atoms with Crippen molar-refractivity contribution in [2.75, 3.05) is 11.9 Å². The third-order valence-electron chi connectivity index (χ3n) is 7.12. The van der Waals surface area contributed by atoms with Gasteiger partial charge in [0.2, 0.25) is 0 Å². The van der Waals surface area contributed by atoms with Crippen LogP contribution in [0, 0.1) is 22.7 Å². The molecule has 0 radical (unpaired) electrons. The molecule has 186 valence electrons. The zero-order valence-electron chi connectivity index (χ0n) is 21.5. The Balaban J connectivity index is 2.54. The molecule has 1 aliphatic rings. The molecule has 0 saturated carbocycles. The lowest BCUT2D eigenvalue weighted by Gasteiger charge is -2.43. The molecule has 5 nitrogen and oxygen atoms in total. The number of aromatic carboxylic acids is 1. The van der Waals surface area contributed by atoms with E-state index in [1.807, 2.05) is 19.9 Å². The molecule has 1 heterocycles. The minimum absolute atomic E-state index is 0.0203. The molecule has 2 rings (SSSR count). The summed E-state index contributed by atoms with van der Waals surface area (Å²) in [6, 6.07) is 5.30. The Morgan fingerprint density at radius 1 is 1.32 bits per heavy atom. The standard InChI is InChI=1S/C28H39FN2O3/c1-9-11-18(3)28(8)21(16-27(5,6)7)17-31(24(28)19(4)23(29)10-2)26(34)30-22-14-12-20(13-15-22)25(32)33/h9-15,19,21,24H,1,16-17H2,2-8H3,(H,30,34)(H,32,33)/b18-11+,23-10+/t19?,21-,24-,28+/m1/s1. The fraction of sp³-hybridized carbons (Fsp3) is 0.500. The number of hydrogen-bond donors (Lipinski definition) is 2. The van der Waals surface area contributed by atoms with Crippen LogP contribution in [0.2, 0.25) is 0 Å². The molecule has 0 aromatic heterocycles. The normalized spacial score (nSPS) is 24.6. The number of likely N-dealkylation sites (tertiary alicyclic amines) is 1. The van der Waals surface area contributed by atoms with E-state index >= 15 is 4.39 Å². The number of hydrogen-bond acceptors (Lipinski definition) is 2. The summed E-state index contributed by atoms with van der Waals surface area (Å²) < 4.78 is 15.0. The largest absolute Gasteiger partial charge is 0.478 e. The second kappa shape index (κ2) is 10.6. The van der Waals surface area contributed by atoms with Gasteiger partial charge in [0.25, 0.3) is 0 Å². The van der Waals surface area contributed by atoms with Crippen molar-refractivity contribution in [1.82, 2.24) is 4.90 Å². The Hall–Kier alpha value is -2.89. The van der Waals surface area contributed by atoms with Crippen LogP contribution in [0.15, 0.2) is 60.5 Å². The fourth-order valence-electron chi connectivity index (χ4n) is 5.34. The minimum atomic E-state index is -1.03. The van der Waals surface area contributed by atoms with E-state index in [4.69, 9.17) is 5.11 Å². The van der Waals surface area contributed by atoms with Crippen molar-refractivity contribution in [1.29, 1.82) is 0 Å². The fourth-order valence-corrected chi connectivity index (χ4v) is 5.34. The number of carbonyl (C=O) groups is 2. The molecular weight excluding hydrogens is 431 g/mol. The summed E-state index contributed by atoms with van der Waals surface area (Å²) in [4.78, 5) is 26.5. The summed E-state index contributed by atoms with van der Waals surface area (Å²) in [6.45, 7) is 18.6. The van der Waals surface area contributed by atoms with Gasteiger partial charge in [0, 0.05) is 23.6 Å². The lowest BCUT2D eigenvalue weighted by molar-refractivity contribution is 0.0697. The number of anilines is 1. The van der Waals surface area contributed by atoms with Gasteiger partial charge >= 0.3 is 12.0 Å². The van der Waals surface area contributed by atoms with E-state index in [0.717, 1.165) is 12.0 Å². The third kappa shape index (κ3) is 5.78. The Morgan fingerprint density at radius 3 is 2.38 bits per heavy atom. The van der Waals surface area contributed by atoms with Crippen LogP contribution in [0.1, 0.15) is 65.2 Å². The number of carboxylic acid groups (broad SMARTS) is 1. The monoisotopic (exact) mass is 470 g/mol. The predicted molar refractivity (Wildman–Crippen MR) is 137 cm³/mol. The lowest BCUT2D eigenvalue weighted by atomic mass is 9.63. The van der Waals surface area contributed by atoms with Gasteiger partial charge in [-0.1, -0.05) is 65.0 Å². The number of allylic oxidation sites excluding steroid dienone is 3. The summed E-state index contributed by atoms with van der Waals surface area (Å²) in [5, 5.41) is 12.0. The van der Waals surface area contributed by atoms with Crippen molar-refractivity contribution in [2.24, 2.45) is 22.7 Å². The van der Waals surface area contributed by atoms with Crippen molar-refractivity contribution in [3.63, 3.8) is 0 Å². The average molecular weight is 471 g/mol. The molecule has 1 aromatic rings. The van der Waals surface area contributed by atoms with Crippen LogP contribution < -0.4 is 5.32 Å². The summed E-state index contributed by atoms with van der Waals surface area (Å²) >= 11 is 0. The van der Waals surface area contributed by atoms with Crippen LogP contribution in [0.3, 0.4) is 0 Å². The maximum Gasteiger partial charge on any atom is 0.335 e. The molecule has 0 bridgehead atoms. The van der Waals surface area contributed by atoms with Gasteiger partial charge in [-0.3, -0.25) is 0 Å². The van der Waals surface area contributed by atoms with Gasteiger partial charge in [-0.15, -0.1) is 0 Å². The van der Waals surface area contributed by atoms with Crippen molar-refractivity contribution < 1.29 is 19.1 Å². The molecule has 0 aliphatic carbocycles. The quantitative estimate of drug-likeness (QED) is 0.411. The predicted octanol–water partition coefficient (Wildman–Crippen LogP) is 7.30. The molecule has 1 fully saturated rings. The molecule has 1 aromatic carbocycles. The molecule has 6 heteroatoms. The first-order valence-corrected chi connectivity index (χ1v) is 11.8. The number of carboxylic acids is 1. The highest BCUT2D eigenvalue weighted by Gasteiger charge is 2.56. The Kier molecular flexibility index (Phi) is 8.51. The zero-order valence-corrected chi connectivity index (χ0v) is 21.5. The molecule has 1 saturated heterocycles. The van der Waals surface area contributed by atoms with Crippen molar-refractivity contribution in [3.8, 4) is 0 Å². The number of nitrogens with zero attached hydrogens (tertiary/aromatic N) is 1. The number of benzene rings is 1. The van der Waals surface area contributed by atoms with Gasteiger partial charge in [0.1, 0.15) is 5.83 Å². The van der Waals surface area contributed by atoms with Crippen molar-refractivity contribution in [3.05, 3.63) is 66.0 Å².